The van der Waals surface area contributed by atoms with Gasteiger partial charge in [-0.05, 0) is 17.9 Å². The first-order valence-corrected chi connectivity index (χ1v) is 6.49. The van der Waals surface area contributed by atoms with Crippen LogP contribution in [0.15, 0.2) is 30.3 Å². The van der Waals surface area contributed by atoms with Gasteiger partial charge in [-0.3, -0.25) is 4.79 Å². The molecule has 0 aliphatic heterocycles. The van der Waals surface area contributed by atoms with E-state index in [1.165, 1.54) is 5.56 Å². The molecule has 0 spiro atoms. The van der Waals surface area contributed by atoms with Gasteiger partial charge < -0.3 is 10.2 Å². The van der Waals surface area contributed by atoms with Crippen molar-refractivity contribution in [3.05, 3.63) is 35.9 Å². The normalized spacial score (nSPS) is 12.5. The Kier molecular flexibility index (Phi) is 5.86. The van der Waals surface area contributed by atoms with Crippen LogP contribution in [0.25, 0.3) is 0 Å². The van der Waals surface area contributed by atoms with E-state index < -0.39 is 0 Å². The third-order valence-electron chi connectivity index (χ3n) is 2.91. The Morgan fingerprint density at radius 2 is 1.83 bits per heavy atom. The third-order valence-corrected chi connectivity index (χ3v) is 2.91. The van der Waals surface area contributed by atoms with Crippen LogP contribution in [-0.4, -0.2) is 31.4 Å². The number of amides is 1. The van der Waals surface area contributed by atoms with Gasteiger partial charge in [0.1, 0.15) is 0 Å². The zero-order valence-corrected chi connectivity index (χ0v) is 11.8. The highest BCUT2D eigenvalue weighted by molar-refractivity contribution is 5.77. The van der Waals surface area contributed by atoms with Crippen molar-refractivity contribution in [3.8, 4) is 0 Å². The fourth-order valence-electron chi connectivity index (χ4n) is 1.86. The average Bonchev–Trinajstić information content (AvgIpc) is 2.34. The summed E-state index contributed by atoms with van der Waals surface area (Å²) in [4.78, 5) is 13.2. The topological polar surface area (TPSA) is 32.3 Å². The third kappa shape index (κ3) is 4.88. The molecular formula is C15H24N2O. The highest BCUT2D eigenvalue weighted by atomic mass is 16.2. The smallest absolute Gasteiger partial charge is 0.236 e. The van der Waals surface area contributed by atoms with Crippen LogP contribution in [0.4, 0.5) is 0 Å². The first kappa shape index (κ1) is 14.7. The number of rotatable bonds is 6. The minimum absolute atomic E-state index is 0.111. The van der Waals surface area contributed by atoms with E-state index in [9.17, 15) is 4.79 Å². The molecule has 1 atom stereocenters. The molecule has 0 fully saturated rings. The molecule has 1 aromatic rings. The molecule has 0 saturated carbocycles. The molecule has 0 radical (unpaired) electrons. The van der Waals surface area contributed by atoms with Crippen molar-refractivity contribution in [2.75, 3.05) is 20.6 Å². The van der Waals surface area contributed by atoms with Crippen LogP contribution in [0.1, 0.15) is 31.9 Å². The summed E-state index contributed by atoms with van der Waals surface area (Å²) in [5.74, 6) is 0.705. The van der Waals surface area contributed by atoms with Gasteiger partial charge in [0.15, 0.2) is 0 Å². The van der Waals surface area contributed by atoms with Crippen molar-refractivity contribution in [1.29, 1.82) is 0 Å². The lowest BCUT2D eigenvalue weighted by molar-refractivity contribution is -0.127. The SMILES string of the molecule is CC(C)CC(NCC(=O)N(C)C)c1ccccc1. The number of nitrogens with one attached hydrogen (secondary N) is 1. The highest BCUT2D eigenvalue weighted by Gasteiger charge is 2.14. The second-order valence-corrected chi connectivity index (χ2v) is 5.26. The molecule has 0 aromatic heterocycles. The minimum atomic E-state index is 0.111. The Balaban J connectivity index is 2.65. The molecule has 0 aliphatic rings. The lowest BCUT2D eigenvalue weighted by Gasteiger charge is -2.22. The lowest BCUT2D eigenvalue weighted by Crippen LogP contribution is -2.35. The van der Waals surface area contributed by atoms with Crippen LogP contribution in [0, 0.1) is 5.92 Å². The van der Waals surface area contributed by atoms with Gasteiger partial charge in [0.05, 0.1) is 6.54 Å². The van der Waals surface area contributed by atoms with E-state index in [1.807, 2.05) is 18.2 Å². The zero-order chi connectivity index (χ0) is 13.5. The number of hydrogen-bond donors (Lipinski definition) is 1. The Morgan fingerprint density at radius 3 is 2.33 bits per heavy atom. The predicted octanol–water partition coefficient (Wildman–Crippen LogP) is 2.45. The Bertz CT molecular complexity index is 360. The van der Waals surface area contributed by atoms with Crippen LogP contribution in [0.3, 0.4) is 0 Å². The van der Waals surface area contributed by atoms with E-state index in [0.29, 0.717) is 12.5 Å². The standard InChI is InChI=1S/C15H24N2O/c1-12(2)10-14(13-8-6-5-7-9-13)16-11-15(18)17(3)4/h5-9,12,14,16H,10-11H2,1-4H3. The molecule has 0 aliphatic carbocycles. The van der Waals surface area contributed by atoms with E-state index in [0.717, 1.165) is 6.42 Å². The van der Waals surface area contributed by atoms with E-state index in [-0.39, 0.29) is 11.9 Å². The predicted molar refractivity (Wildman–Crippen MR) is 75.3 cm³/mol. The Morgan fingerprint density at radius 1 is 1.22 bits per heavy atom. The number of carbonyl (C=O) groups excluding carboxylic acids is 1. The van der Waals surface area contributed by atoms with Crippen molar-refractivity contribution >= 4 is 5.91 Å². The maximum Gasteiger partial charge on any atom is 0.236 e. The summed E-state index contributed by atoms with van der Waals surface area (Å²) in [5, 5.41) is 3.36. The van der Waals surface area contributed by atoms with Gasteiger partial charge >= 0.3 is 0 Å². The molecule has 3 heteroatoms. The van der Waals surface area contributed by atoms with Gasteiger partial charge in [0, 0.05) is 20.1 Å². The van der Waals surface area contributed by atoms with Crippen molar-refractivity contribution < 1.29 is 4.79 Å². The number of carbonyl (C=O) groups is 1. The second kappa shape index (κ2) is 7.17. The average molecular weight is 248 g/mol. The lowest BCUT2D eigenvalue weighted by atomic mass is 9.97. The van der Waals surface area contributed by atoms with E-state index in [1.54, 1.807) is 19.0 Å². The van der Waals surface area contributed by atoms with Crippen molar-refractivity contribution in [2.24, 2.45) is 5.92 Å². The van der Waals surface area contributed by atoms with Gasteiger partial charge in [0.25, 0.3) is 0 Å². The maximum absolute atomic E-state index is 11.6. The molecule has 3 nitrogen and oxygen atoms in total. The van der Waals surface area contributed by atoms with E-state index in [4.69, 9.17) is 0 Å². The summed E-state index contributed by atoms with van der Waals surface area (Å²) >= 11 is 0. The molecule has 1 amide bonds. The number of likely N-dealkylation sites (N-methyl/N-ethyl adjacent to an activating group) is 1. The Labute approximate surface area is 110 Å². The summed E-state index contributed by atoms with van der Waals surface area (Å²) in [6, 6.07) is 10.6. The van der Waals surface area contributed by atoms with Gasteiger partial charge in [0.2, 0.25) is 5.91 Å². The molecule has 1 rings (SSSR count). The van der Waals surface area contributed by atoms with Crippen LogP contribution in [0.2, 0.25) is 0 Å². The monoisotopic (exact) mass is 248 g/mol. The van der Waals surface area contributed by atoms with E-state index in [2.05, 4.69) is 31.3 Å². The molecule has 1 N–H and O–H groups in total. The summed E-state index contributed by atoms with van der Waals surface area (Å²) in [5.41, 5.74) is 1.25. The first-order valence-electron chi connectivity index (χ1n) is 6.49. The second-order valence-electron chi connectivity index (χ2n) is 5.26. The largest absolute Gasteiger partial charge is 0.348 e. The van der Waals surface area contributed by atoms with Gasteiger partial charge in [-0.2, -0.15) is 0 Å². The van der Waals surface area contributed by atoms with Crippen LogP contribution < -0.4 is 5.32 Å². The number of nitrogens with zero attached hydrogens (tertiary/aromatic N) is 1. The molecule has 0 bridgehead atoms. The number of benzene rings is 1. The fraction of sp³-hybridized carbons (Fsp3) is 0.533. The Hall–Kier alpha value is -1.35. The summed E-state index contributed by atoms with van der Waals surface area (Å²) < 4.78 is 0. The maximum atomic E-state index is 11.6. The molecule has 100 valence electrons. The molecule has 0 heterocycles. The van der Waals surface area contributed by atoms with Crippen LogP contribution in [0.5, 0.6) is 0 Å². The van der Waals surface area contributed by atoms with Crippen LogP contribution >= 0.6 is 0 Å². The molecular weight excluding hydrogens is 224 g/mol. The zero-order valence-electron chi connectivity index (χ0n) is 11.8. The van der Waals surface area contributed by atoms with Crippen molar-refractivity contribution in [3.63, 3.8) is 0 Å². The molecule has 1 unspecified atom stereocenters. The van der Waals surface area contributed by atoms with Gasteiger partial charge in [-0.15, -0.1) is 0 Å². The van der Waals surface area contributed by atoms with E-state index >= 15 is 0 Å². The quantitative estimate of drug-likeness (QED) is 0.838. The molecule has 18 heavy (non-hydrogen) atoms. The van der Waals surface area contributed by atoms with Crippen molar-refractivity contribution in [1.82, 2.24) is 10.2 Å². The minimum Gasteiger partial charge on any atom is -0.348 e. The molecule has 1 aromatic carbocycles. The molecule has 0 saturated heterocycles. The van der Waals surface area contributed by atoms with Crippen LogP contribution in [-0.2, 0) is 4.79 Å². The number of hydrogen-bond acceptors (Lipinski definition) is 2. The summed E-state index contributed by atoms with van der Waals surface area (Å²) in [6.07, 6.45) is 1.03. The summed E-state index contributed by atoms with van der Waals surface area (Å²) in [6.45, 7) is 4.79. The van der Waals surface area contributed by atoms with Gasteiger partial charge in [-0.1, -0.05) is 44.2 Å². The first-order chi connectivity index (χ1) is 8.50. The highest BCUT2D eigenvalue weighted by Crippen LogP contribution is 2.20. The fourth-order valence-corrected chi connectivity index (χ4v) is 1.86. The summed E-state index contributed by atoms with van der Waals surface area (Å²) in [7, 11) is 3.56. The van der Waals surface area contributed by atoms with Gasteiger partial charge in [-0.25, -0.2) is 0 Å². The van der Waals surface area contributed by atoms with Crippen molar-refractivity contribution in [2.45, 2.75) is 26.3 Å².